The molecule has 1 N–H and O–H groups in total. The maximum atomic E-state index is 12.4. The van der Waals surface area contributed by atoms with Gasteiger partial charge >= 0.3 is 0 Å². The van der Waals surface area contributed by atoms with E-state index < -0.39 is 32.8 Å². The fraction of sp³-hybridized carbons (Fsp3) is 0.429. The van der Waals surface area contributed by atoms with Crippen LogP contribution in [0.3, 0.4) is 0 Å². The summed E-state index contributed by atoms with van der Waals surface area (Å²) < 4.78 is 30.1. The number of aliphatic hydroxyl groups is 1. The molecule has 0 amide bonds. The number of rotatable bonds is 8. The van der Waals surface area contributed by atoms with Crippen molar-refractivity contribution >= 4 is 10.1 Å². The first-order chi connectivity index (χ1) is 12.0. The average molecular weight is 377 g/mol. The van der Waals surface area contributed by atoms with Crippen LogP contribution in [-0.2, 0) is 25.1 Å². The summed E-state index contributed by atoms with van der Waals surface area (Å²) in [6.45, 7) is 7.55. The molecule has 0 aromatic heterocycles. The molecule has 5 heteroatoms. The lowest BCUT2D eigenvalue weighted by Gasteiger charge is -2.31. The maximum absolute atomic E-state index is 12.4. The second-order valence-electron chi connectivity index (χ2n) is 7.84. The third-order valence-electron chi connectivity index (χ3n) is 4.87. The Morgan fingerprint density at radius 1 is 0.885 bits per heavy atom. The Morgan fingerprint density at radius 2 is 1.35 bits per heavy atom. The molecule has 4 nitrogen and oxygen atoms in total. The minimum atomic E-state index is -3.86. The molecule has 26 heavy (non-hydrogen) atoms. The Balaban J connectivity index is 2.04. The van der Waals surface area contributed by atoms with E-state index in [1.165, 1.54) is 0 Å². The molecule has 142 valence electrons. The zero-order chi connectivity index (χ0) is 19.4. The number of hydrogen-bond acceptors (Lipinski definition) is 4. The van der Waals surface area contributed by atoms with Gasteiger partial charge < -0.3 is 5.11 Å². The Kier molecular flexibility index (Phi) is 6.27. The molecule has 0 heterocycles. The molecule has 2 aromatic rings. The van der Waals surface area contributed by atoms with Gasteiger partial charge in [0.15, 0.2) is 0 Å². The van der Waals surface area contributed by atoms with Crippen molar-refractivity contribution in [3.05, 3.63) is 71.8 Å². The summed E-state index contributed by atoms with van der Waals surface area (Å²) in [5.41, 5.74) is 0.730. The van der Waals surface area contributed by atoms with Crippen LogP contribution in [-0.4, -0.2) is 32.0 Å². The molecule has 0 spiro atoms. The van der Waals surface area contributed by atoms with E-state index in [2.05, 4.69) is 0 Å². The summed E-state index contributed by atoms with van der Waals surface area (Å²) in [7, 11) is -3.86. The molecule has 0 bridgehead atoms. The second-order valence-corrected chi connectivity index (χ2v) is 9.52. The van der Waals surface area contributed by atoms with E-state index >= 15 is 0 Å². The van der Waals surface area contributed by atoms with E-state index in [-0.39, 0.29) is 6.61 Å². The largest absolute Gasteiger partial charge is 0.391 e. The summed E-state index contributed by atoms with van der Waals surface area (Å²) in [6, 6.07) is 19.0. The third kappa shape index (κ3) is 5.16. The van der Waals surface area contributed by atoms with Crippen LogP contribution in [0.15, 0.2) is 60.7 Å². The average Bonchev–Trinajstić information content (AvgIpc) is 2.61. The van der Waals surface area contributed by atoms with Crippen molar-refractivity contribution < 1.29 is 17.7 Å². The quantitative estimate of drug-likeness (QED) is 0.714. The van der Waals surface area contributed by atoms with Crippen LogP contribution in [0, 0.1) is 0 Å². The van der Waals surface area contributed by atoms with Gasteiger partial charge in [-0.1, -0.05) is 88.4 Å². The van der Waals surface area contributed by atoms with Gasteiger partial charge in [-0.3, -0.25) is 4.18 Å². The summed E-state index contributed by atoms with van der Waals surface area (Å²) in [4.78, 5) is 0. The third-order valence-corrected chi connectivity index (χ3v) is 6.07. The molecular weight excluding hydrogens is 348 g/mol. The Morgan fingerprint density at radius 3 is 1.85 bits per heavy atom. The summed E-state index contributed by atoms with van der Waals surface area (Å²) >= 11 is 0. The monoisotopic (exact) mass is 376 g/mol. The number of benzene rings is 2. The van der Waals surface area contributed by atoms with Crippen LogP contribution < -0.4 is 0 Å². The van der Waals surface area contributed by atoms with Gasteiger partial charge in [-0.05, 0) is 11.1 Å². The van der Waals surface area contributed by atoms with E-state index in [1.54, 1.807) is 0 Å². The van der Waals surface area contributed by atoms with Gasteiger partial charge in [-0.15, -0.1) is 0 Å². The van der Waals surface area contributed by atoms with E-state index in [0.29, 0.717) is 0 Å². The van der Waals surface area contributed by atoms with E-state index in [4.69, 9.17) is 4.18 Å². The first kappa shape index (κ1) is 20.6. The first-order valence-electron chi connectivity index (χ1n) is 8.71. The summed E-state index contributed by atoms with van der Waals surface area (Å²) in [6.07, 6.45) is -1.07. The predicted octanol–water partition coefficient (Wildman–Crippen LogP) is 3.65. The highest BCUT2D eigenvalue weighted by atomic mass is 32.2. The molecule has 1 atom stereocenters. The lowest BCUT2D eigenvalue weighted by Crippen LogP contribution is -2.40. The standard InChI is InChI=1S/C21H28O4S/c1-20(2,17-11-7-5-8-12-17)16-25-26(23,24)15-19(22)21(3,4)18-13-9-6-10-14-18/h5-14,19,22H,15-16H2,1-4H3. The Hall–Kier alpha value is -1.69. The lowest BCUT2D eigenvalue weighted by atomic mass is 9.80. The minimum absolute atomic E-state index is 0.0256. The molecule has 2 aromatic carbocycles. The van der Waals surface area contributed by atoms with Gasteiger partial charge in [-0.2, -0.15) is 8.42 Å². The van der Waals surface area contributed by atoms with Gasteiger partial charge in [0.25, 0.3) is 10.1 Å². The van der Waals surface area contributed by atoms with Crippen LogP contribution in [0.25, 0.3) is 0 Å². The Labute approximate surface area is 157 Å². The molecule has 0 saturated carbocycles. The molecule has 0 aliphatic carbocycles. The smallest absolute Gasteiger partial charge is 0.269 e. The molecular formula is C21H28O4S. The molecule has 0 aliphatic heterocycles. The predicted molar refractivity (Wildman–Crippen MR) is 105 cm³/mol. The van der Waals surface area contributed by atoms with E-state index in [0.717, 1.165) is 11.1 Å². The zero-order valence-corrected chi connectivity index (χ0v) is 16.7. The molecule has 0 saturated heterocycles. The van der Waals surface area contributed by atoms with E-state index in [1.807, 2.05) is 88.4 Å². The normalized spacial score (nSPS) is 14.2. The summed E-state index contributed by atoms with van der Waals surface area (Å²) in [5.74, 6) is -0.445. The van der Waals surface area contributed by atoms with Crippen LogP contribution in [0.2, 0.25) is 0 Å². The van der Waals surface area contributed by atoms with Crippen molar-refractivity contribution in [2.45, 2.75) is 44.6 Å². The van der Waals surface area contributed by atoms with Gasteiger partial charge in [-0.25, -0.2) is 0 Å². The highest BCUT2D eigenvalue weighted by Gasteiger charge is 2.34. The number of aliphatic hydroxyl groups excluding tert-OH is 1. The molecule has 2 rings (SSSR count). The van der Waals surface area contributed by atoms with Gasteiger partial charge in [0.05, 0.1) is 12.7 Å². The van der Waals surface area contributed by atoms with Crippen molar-refractivity contribution in [2.75, 3.05) is 12.4 Å². The van der Waals surface area contributed by atoms with Crippen molar-refractivity contribution in [1.29, 1.82) is 0 Å². The Bertz CT molecular complexity index is 796. The van der Waals surface area contributed by atoms with Gasteiger partial charge in [0.1, 0.15) is 5.75 Å². The second kappa shape index (κ2) is 7.91. The fourth-order valence-corrected chi connectivity index (χ4v) is 4.09. The van der Waals surface area contributed by atoms with Crippen LogP contribution in [0.5, 0.6) is 0 Å². The topological polar surface area (TPSA) is 63.6 Å². The molecule has 1 unspecified atom stereocenters. The van der Waals surface area contributed by atoms with Crippen LogP contribution >= 0.6 is 0 Å². The lowest BCUT2D eigenvalue weighted by molar-refractivity contribution is 0.116. The highest BCUT2D eigenvalue weighted by Crippen LogP contribution is 2.29. The SMILES string of the molecule is CC(C)(COS(=O)(=O)CC(O)C(C)(C)c1ccccc1)c1ccccc1. The van der Waals surface area contributed by atoms with Crippen molar-refractivity contribution in [3.8, 4) is 0 Å². The molecule has 0 aliphatic rings. The number of hydrogen-bond donors (Lipinski definition) is 1. The summed E-state index contributed by atoms with van der Waals surface area (Å²) in [5, 5.41) is 10.6. The van der Waals surface area contributed by atoms with Gasteiger partial charge in [0.2, 0.25) is 0 Å². The zero-order valence-electron chi connectivity index (χ0n) is 15.8. The molecule has 0 fully saturated rings. The fourth-order valence-electron chi connectivity index (χ4n) is 2.72. The maximum Gasteiger partial charge on any atom is 0.269 e. The van der Waals surface area contributed by atoms with Crippen LogP contribution in [0.1, 0.15) is 38.8 Å². The first-order valence-corrected chi connectivity index (χ1v) is 10.3. The van der Waals surface area contributed by atoms with E-state index in [9.17, 15) is 13.5 Å². The van der Waals surface area contributed by atoms with Gasteiger partial charge in [0, 0.05) is 10.8 Å². The molecule has 0 radical (unpaired) electrons. The van der Waals surface area contributed by atoms with Crippen molar-refractivity contribution in [2.24, 2.45) is 0 Å². The minimum Gasteiger partial charge on any atom is -0.391 e. The highest BCUT2D eigenvalue weighted by molar-refractivity contribution is 7.86. The van der Waals surface area contributed by atoms with Crippen LogP contribution in [0.4, 0.5) is 0 Å². The van der Waals surface area contributed by atoms with Crippen molar-refractivity contribution in [1.82, 2.24) is 0 Å². The van der Waals surface area contributed by atoms with Crippen molar-refractivity contribution in [3.63, 3.8) is 0 Å².